The summed E-state index contributed by atoms with van der Waals surface area (Å²) < 4.78 is 52.1. The van der Waals surface area contributed by atoms with E-state index in [1.54, 1.807) is 18.7 Å². The summed E-state index contributed by atoms with van der Waals surface area (Å²) in [7, 11) is 0. The van der Waals surface area contributed by atoms with Crippen molar-refractivity contribution in [1.29, 1.82) is 5.26 Å². The van der Waals surface area contributed by atoms with Gasteiger partial charge >= 0.3 is 6.18 Å². The highest BCUT2D eigenvalue weighted by Gasteiger charge is 2.51. The van der Waals surface area contributed by atoms with Crippen LogP contribution in [-0.4, -0.2) is 66.9 Å². The summed E-state index contributed by atoms with van der Waals surface area (Å²) in [6.07, 6.45) is 5.50. The highest BCUT2D eigenvalue weighted by Crippen LogP contribution is 2.61. The number of halogens is 3. The predicted octanol–water partition coefficient (Wildman–Crippen LogP) is 5.83. The number of anilines is 1. The average Bonchev–Trinajstić information content (AvgIpc) is 3.13. The molecule has 1 N–H and O–H groups in total. The van der Waals surface area contributed by atoms with Gasteiger partial charge in [-0.3, -0.25) is 14.5 Å². The molecular formula is C33H43F3N4O4S. The molecule has 6 rings (SSSR count). The van der Waals surface area contributed by atoms with Crippen molar-refractivity contribution in [1.82, 2.24) is 10.2 Å². The van der Waals surface area contributed by atoms with Gasteiger partial charge in [-0.2, -0.15) is 18.4 Å². The Kier molecular flexibility index (Phi) is 10.1. The van der Waals surface area contributed by atoms with Gasteiger partial charge in [-0.25, -0.2) is 0 Å². The average molecular weight is 649 g/mol. The van der Waals surface area contributed by atoms with Crippen LogP contribution in [0.4, 0.5) is 18.9 Å². The molecule has 12 heteroatoms. The summed E-state index contributed by atoms with van der Waals surface area (Å²) in [5, 5.41) is 12.0. The number of alkyl halides is 3. The standard InChI is InChI=1S/C33H43F3N4O4S/c1-31(2)29(42)40(26-6-5-25(21-37)27(17-26)33(34,35)36)30(45)39(31)9-3-4-28(41)38-8-11-44-13-12-43-10-7-32-18-22-14-23(19-32)16-24(15-22)20-32/h5-6,17,22-24H,3-4,7-16,18-20H2,1-2H3,(H,38,41). The zero-order valence-electron chi connectivity index (χ0n) is 26.1. The number of nitrogens with zero attached hydrogens (tertiary/aromatic N) is 3. The summed E-state index contributed by atoms with van der Waals surface area (Å²) in [4.78, 5) is 28.3. The van der Waals surface area contributed by atoms with Crippen LogP contribution in [0.2, 0.25) is 0 Å². The number of amides is 2. The number of carbonyl (C=O) groups is 2. The van der Waals surface area contributed by atoms with E-state index >= 15 is 0 Å². The van der Waals surface area contributed by atoms with Crippen molar-refractivity contribution in [3.05, 3.63) is 29.3 Å². The molecule has 8 nitrogen and oxygen atoms in total. The first-order chi connectivity index (χ1) is 21.3. The van der Waals surface area contributed by atoms with Crippen LogP contribution in [0.5, 0.6) is 0 Å². The van der Waals surface area contributed by atoms with E-state index in [9.17, 15) is 22.8 Å². The van der Waals surface area contributed by atoms with Gasteiger partial charge in [0.25, 0.3) is 5.91 Å². The van der Waals surface area contributed by atoms with Gasteiger partial charge in [-0.15, -0.1) is 0 Å². The van der Waals surface area contributed by atoms with Crippen LogP contribution < -0.4 is 10.2 Å². The van der Waals surface area contributed by atoms with Gasteiger partial charge in [0.15, 0.2) is 5.11 Å². The number of thiocarbonyl (C=S) groups is 1. The molecule has 4 bridgehead atoms. The minimum atomic E-state index is -4.76. The molecule has 0 spiro atoms. The Morgan fingerprint density at radius 3 is 2.29 bits per heavy atom. The molecule has 1 aromatic rings. The summed E-state index contributed by atoms with van der Waals surface area (Å²) in [5.74, 6) is 2.20. The lowest BCUT2D eigenvalue weighted by atomic mass is 9.49. The van der Waals surface area contributed by atoms with Crippen LogP contribution >= 0.6 is 12.2 Å². The lowest BCUT2D eigenvalue weighted by molar-refractivity contribution is -0.137. The third-order valence-corrected chi connectivity index (χ3v) is 10.6. The molecule has 4 aliphatic carbocycles. The Hall–Kier alpha value is -2.75. The normalized spacial score (nSPS) is 26.9. The van der Waals surface area contributed by atoms with E-state index in [0.29, 0.717) is 38.2 Å². The van der Waals surface area contributed by atoms with Crippen LogP contribution in [0.1, 0.15) is 82.8 Å². The fourth-order valence-electron chi connectivity index (χ4n) is 8.40. The zero-order valence-corrected chi connectivity index (χ0v) is 26.9. The van der Waals surface area contributed by atoms with Gasteiger partial charge in [0.05, 0.1) is 42.7 Å². The van der Waals surface area contributed by atoms with Crippen molar-refractivity contribution < 1.29 is 32.2 Å². The maximum absolute atomic E-state index is 13.5. The first-order valence-corrected chi connectivity index (χ1v) is 16.4. The van der Waals surface area contributed by atoms with Crippen molar-refractivity contribution in [3.63, 3.8) is 0 Å². The largest absolute Gasteiger partial charge is 0.417 e. The summed E-state index contributed by atoms with van der Waals surface area (Å²) in [6.45, 7) is 6.10. The third-order valence-electron chi connectivity index (χ3n) is 10.2. The molecule has 1 aliphatic heterocycles. The fourth-order valence-corrected chi connectivity index (χ4v) is 8.91. The van der Waals surface area contributed by atoms with E-state index in [1.807, 2.05) is 0 Å². The van der Waals surface area contributed by atoms with Crippen molar-refractivity contribution in [2.24, 2.45) is 23.2 Å². The minimum absolute atomic E-state index is 0.0526. The molecule has 1 heterocycles. The Balaban J connectivity index is 0.972. The van der Waals surface area contributed by atoms with Crippen LogP contribution in [0.25, 0.3) is 0 Å². The summed E-state index contributed by atoms with van der Waals surface area (Å²) in [6, 6.07) is 4.63. The molecular weight excluding hydrogens is 605 g/mol. The number of ether oxygens (including phenoxy) is 2. The van der Waals surface area contributed by atoms with Crippen LogP contribution in [-0.2, 0) is 25.2 Å². The Morgan fingerprint density at radius 1 is 1.07 bits per heavy atom. The molecule has 2 amide bonds. The van der Waals surface area contributed by atoms with Gasteiger partial charge in [0.1, 0.15) is 5.54 Å². The number of hydrogen-bond acceptors (Lipinski definition) is 6. The minimum Gasteiger partial charge on any atom is -0.379 e. The SMILES string of the molecule is CC1(C)C(=O)N(c2ccc(C#N)c(C(F)(F)F)c2)C(=S)N1CCCC(=O)NCCOCCOCCC12CC3CC(CC(C3)C1)C2. The highest BCUT2D eigenvalue weighted by molar-refractivity contribution is 7.80. The van der Waals surface area contributed by atoms with Gasteiger partial charge in [0.2, 0.25) is 5.91 Å². The van der Waals surface area contributed by atoms with Crippen LogP contribution in [0, 0.1) is 34.5 Å². The van der Waals surface area contributed by atoms with Crippen molar-refractivity contribution in [2.75, 3.05) is 44.4 Å². The van der Waals surface area contributed by atoms with E-state index in [2.05, 4.69) is 5.32 Å². The Morgan fingerprint density at radius 2 is 1.69 bits per heavy atom. The predicted molar refractivity (Wildman–Crippen MR) is 166 cm³/mol. The summed E-state index contributed by atoms with van der Waals surface area (Å²) in [5.41, 5.74) is -2.32. The molecule has 1 aromatic carbocycles. The maximum Gasteiger partial charge on any atom is 0.417 e. The van der Waals surface area contributed by atoms with Gasteiger partial charge in [-0.05, 0) is 119 Å². The first kappa shape index (κ1) is 33.6. The second-order valence-electron chi connectivity index (χ2n) is 13.8. The van der Waals surface area contributed by atoms with E-state index in [0.717, 1.165) is 47.8 Å². The quantitative estimate of drug-likeness (QED) is 0.201. The van der Waals surface area contributed by atoms with Crippen LogP contribution in [0.3, 0.4) is 0 Å². The lowest BCUT2D eigenvalue weighted by Crippen LogP contribution is -2.46. The Labute approximate surface area is 268 Å². The molecule has 0 aromatic heterocycles. The van der Waals surface area contributed by atoms with E-state index in [1.165, 1.54) is 50.7 Å². The van der Waals surface area contributed by atoms with Crippen molar-refractivity contribution >= 4 is 34.8 Å². The smallest absolute Gasteiger partial charge is 0.379 e. The lowest BCUT2D eigenvalue weighted by Gasteiger charge is -2.57. The van der Waals surface area contributed by atoms with Gasteiger partial charge in [0, 0.05) is 26.1 Å². The molecule has 246 valence electrons. The Bertz CT molecular complexity index is 1290. The third kappa shape index (κ3) is 7.47. The molecule has 0 atom stereocenters. The molecule has 0 unspecified atom stereocenters. The van der Waals surface area contributed by atoms with Crippen molar-refractivity contribution in [3.8, 4) is 6.07 Å². The van der Waals surface area contributed by atoms with E-state index in [4.69, 9.17) is 27.0 Å². The molecule has 45 heavy (non-hydrogen) atoms. The number of hydrogen-bond donors (Lipinski definition) is 1. The van der Waals surface area contributed by atoms with E-state index < -0.39 is 28.7 Å². The number of nitriles is 1. The molecule has 4 saturated carbocycles. The molecule has 5 fully saturated rings. The first-order valence-electron chi connectivity index (χ1n) is 16.0. The zero-order chi connectivity index (χ0) is 32.4. The number of benzene rings is 1. The molecule has 5 aliphatic rings. The second-order valence-corrected chi connectivity index (χ2v) is 14.2. The fraction of sp³-hybridized carbons (Fsp3) is 0.697. The molecule has 1 saturated heterocycles. The highest BCUT2D eigenvalue weighted by atomic mass is 32.1. The summed E-state index contributed by atoms with van der Waals surface area (Å²) >= 11 is 5.50. The number of nitrogens with one attached hydrogen (secondary N) is 1. The van der Waals surface area contributed by atoms with Crippen molar-refractivity contribution in [2.45, 2.75) is 83.4 Å². The van der Waals surface area contributed by atoms with Crippen LogP contribution in [0.15, 0.2) is 18.2 Å². The van der Waals surface area contributed by atoms with Gasteiger partial charge < -0.3 is 19.7 Å². The topological polar surface area (TPSA) is 94.9 Å². The monoisotopic (exact) mass is 648 g/mol. The van der Waals surface area contributed by atoms with Gasteiger partial charge in [-0.1, -0.05) is 0 Å². The number of carbonyl (C=O) groups excluding carboxylic acids is 2. The maximum atomic E-state index is 13.5. The van der Waals surface area contributed by atoms with E-state index in [-0.39, 0.29) is 29.7 Å². The second kappa shape index (κ2) is 13.5. The number of rotatable bonds is 14. The molecule has 0 radical (unpaired) electrons.